The quantitative estimate of drug-likeness (QED) is 0.609. The molecule has 0 radical (unpaired) electrons. The van der Waals surface area contributed by atoms with Crippen LogP contribution in [0, 0.1) is 5.92 Å². The normalized spacial score (nSPS) is 15.6. The molecule has 0 atom stereocenters. The van der Waals surface area contributed by atoms with Crippen molar-refractivity contribution in [1.29, 1.82) is 0 Å². The second kappa shape index (κ2) is 8.68. The molecule has 168 valence electrons. The third-order valence-electron chi connectivity index (χ3n) is 5.19. The van der Waals surface area contributed by atoms with Gasteiger partial charge < -0.3 is 15.0 Å². The van der Waals surface area contributed by atoms with Crippen molar-refractivity contribution in [3.8, 4) is 5.75 Å². The van der Waals surface area contributed by atoms with Crippen molar-refractivity contribution in [2.75, 3.05) is 30.4 Å². The summed E-state index contributed by atoms with van der Waals surface area (Å²) in [7, 11) is 1.44. The highest BCUT2D eigenvalue weighted by Crippen LogP contribution is 2.40. The molecule has 31 heavy (non-hydrogen) atoms. The number of ether oxygens (including phenoxy) is 1. The standard InChI is InChI=1S/C21H20F6N2O2/c1-31-16-4-2-3-15(12-16)28-19(30)13-5-6-18(17(11-13)21(25,26)27)29-9-7-14(8-10-29)20(22,23)24/h2-6,11-12,14H,7-10H2,1H3,(H,28,30). The molecule has 2 aromatic carbocycles. The molecule has 0 bridgehead atoms. The van der Waals surface area contributed by atoms with Gasteiger partial charge in [0.1, 0.15) is 5.75 Å². The van der Waals surface area contributed by atoms with Crippen LogP contribution in [0.25, 0.3) is 0 Å². The Balaban J connectivity index is 1.83. The SMILES string of the molecule is COc1cccc(NC(=O)c2ccc(N3CCC(C(F)(F)F)CC3)c(C(F)(F)F)c2)c1. The summed E-state index contributed by atoms with van der Waals surface area (Å²) in [5, 5.41) is 2.51. The van der Waals surface area contributed by atoms with Gasteiger partial charge in [0.15, 0.2) is 0 Å². The molecule has 0 aromatic heterocycles. The first kappa shape index (κ1) is 22.8. The maximum absolute atomic E-state index is 13.7. The van der Waals surface area contributed by atoms with Gasteiger partial charge in [-0.15, -0.1) is 0 Å². The monoisotopic (exact) mass is 446 g/mol. The molecule has 2 aromatic rings. The van der Waals surface area contributed by atoms with Crippen molar-refractivity contribution >= 4 is 17.3 Å². The van der Waals surface area contributed by atoms with Gasteiger partial charge in [-0.25, -0.2) is 0 Å². The zero-order chi connectivity index (χ0) is 22.8. The number of alkyl halides is 6. The summed E-state index contributed by atoms with van der Waals surface area (Å²) in [5.41, 5.74) is -1.16. The van der Waals surface area contributed by atoms with Crippen molar-refractivity contribution in [2.45, 2.75) is 25.2 Å². The van der Waals surface area contributed by atoms with E-state index in [1.54, 1.807) is 18.2 Å². The number of piperidine rings is 1. The van der Waals surface area contributed by atoms with Gasteiger partial charge in [0.05, 0.1) is 18.6 Å². The fourth-order valence-corrected chi connectivity index (χ4v) is 3.53. The van der Waals surface area contributed by atoms with Gasteiger partial charge in [-0.05, 0) is 43.2 Å². The van der Waals surface area contributed by atoms with E-state index < -0.39 is 29.7 Å². The summed E-state index contributed by atoms with van der Waals surface area (Å²) < 4.78 is 84.7. The van der Waals surface area contributed by atoms with E-state index >= 15 is 0 Å². The number of carbonyl (C=O) groups excluding carboxylic acids is 1. The lowest BCUT2D eigenvalue weighted by Gasteiger charge is -2.35. The minimum absolute atomic E-state index is 0.150. The number of benzene rings is 2. The first-order valence-corrected chi connectivity index (χ1v) is 9.47. The highest BCUT2D eigenvalue weighted by atomic mass is 19.4. The summed E-state index contributed by atoms with van der Waals surface area (Å²) in [6, 6.07) is 9.43. The summed E-state index contributed by atoms with van der Waals surface area (Å²) in [4.78, 5) is 13.8. The molecule has 1 amide bonds. The van der Waals surface area contributed by atoms with Crippen LogP contribution < -0.4 is 15.0 Å². The minimum atomic E-state index is -4.78. The summed E-state index contributed by atoms with van der Waals surface area (Å²) in [5.74, 6) is -1.81. The van der Waals surface area contributed by atoms with E-state index in [9.17, 15) is 31.1 Å². The molecule has 0 spiro atoms. The highest BCUT2D eigenvalue weighted by molar-refractivity contribution is 6.04. The van der Waals surface area contributed by atoms with E-state index in [0.717, 1.165) is 12.1 Å². The first-order valence-electron chi connectivity index (χ1n) is 9.47. The Hall–Kier alpha value is -2.91. The molecule has 1 N–H and O–H groups in total. The van der Waals surface area contributed by atoms with Gasteiger partial charge in [0, 0.05) is 36.1 Å². The molecular weight excluding hydrogens is 426 g/mol. The number of nitrogens with one attached hydrogen (secondary N) is 1. The average Bonchev–Trinajstić information content (AvgIpc) is 2.72. The maximum Gasteiger partial charge on any atom is 0.418 e. The Labute approximate surface area is 174 Å². The molecule has 3 rings (SSSR count). The van der Waals surface area contributed by atoms with Crippen LogP contribution in [0.1, 0.15) is 28.8 Å². The smallest absolute Gasteiger partial charge is 0.418 e. The number of hydrogen-bond donors (Lipinski definition) is 1. The summed E-state index contributed by atoms with van der Waals surface area (Å²) in [6.45, 7) is -0.300. The lowest BCUT2D eigenvalue weighted by Crippen LogP contribution is -2.39. The third-order valence-corrected chi connectivity index (χ3v) is 5.19. The van der Waals surface area contributed by atoms with Gasteiger partial charge in [0.2, 0.25) is 0 Å². The lowest BCUT2D eigenvalue weighted by molar-refractivity contribution is -0.179. The number of carbonyl (C=O) groups is 1. The Morgan fingerprint density at radius 1 is 1.03 bits per heavy atom. The van der Waals surface area contributed by atoms with Gasteiger partial charge in [-0.3, -0.25) is 4.79 Å². The minimum Gasteiger partial charge on any atom is -0.497 e. The summed E-state index contributed by atoms with van der Waals surface area (Å²) >= 11 is 0. The molecule has 10 heteroatoms. The molecule has 1 heterocycles. The maximum atomic E-state index is 13.7. The number of hydrogen-bond acceptors (Lipinski definition) is 3. The van der Waals surface area contributed by atoms with Crippen LogP contribution in [0.3, 0.4) is 0 Å². The first-order chi connectivity index (χ1) is 14.5. The number of methoxy groups -OCH3 is 1. The highest BCUT2D eigenvalue weighted by Gasteiger charge is 2.42. The number of rotatable bonds is 4. The van der Waals surface area contributed by atoms with Gasteiger partial charge >= 0.3 is 12.4 Å². The molecule has 0 unspecified atom stereocenters. The second-order valence-corrected chi connectivity index (χ2v) is 7.22. The van der Waals surface area contributed by atoms with E-state index in [-0.39, 0.29) is 37.2 Å². The van der Waals surface area contributed by atoms with Crippen LogP contribution >= 0.6 is 0 Å². The van der Waals surface area contributed by atoms with Crippen LogP contribution in [0.15, 0.2) is 42.5 Å². The number of anilines is 2. The topological polar surface area (TPSA) is 41.6 Å². The average molecular weight is 446 g/mol. The number of amides is 1. The lowest BCUT2D eigenvalue weighted by atomic mass is 9.95. The van der Waals surface area contributed by atoms with Crippen molar-refractivity contribution in [1.82, 2.24) is 0 Å². The van der Waals surface area contributed by atoms with Gasteiger partial charge in [-0.2, -0.15) is 26.3 Å². The third kappa shape index (κ3) is 5.42. The second-order valence-electron chi connectivity index (χ2n) is 7.22. The Morgan fingerprint density at radius 3 is 2.29 bits per heavy atom. The van der Waals surface area contributed by atoms with E-state index in [1.807, 2.05) is 0 Å². The van der Waals surface area contributed by atoms with E-state index in [4.69, 9.17) is 4.74 Å². The molecule has 1 fully saturated rings. The Bertz CT molecular complexity index is 934. The zero-order valence-corrected chi connectivity index (χ0v) is 16.5. The number of halogens is 6. The van der Waals surface area contributed by atoms with Gasteiger partial charge in [0.25, 0.3) is 5.91 Å². The van der Waals surface area contributed by atoms with Crippen LogP contribution in [-0.4, -0.2) is 32.3 Å². The predicted molar refractivity (Wildman–Crippen MR) is 103 cm³/mol. The summed E-state index contributed by atoms with van der Waals surface area (Å²) in [6.07, 6.45) is -9.69. The van der Waals surface area contributed by atoms with Crippen molar-refractivity contribution in [2.24, 2.45) is 5.92 Å². The Morgan fingerprint density at radius 2 is 1.71 bits per heavy atom. The molecule has 4 nitrogen and oxygen atoms in total. The van der Waals surface area contributed by atoms with Gasteiger partial charge in [-0.1, -0.05) is 6.07 Å². The van der Waals surface area contributed by atoms with Crippen LogP contribution in [-0.2, 0) is 6.18 Å². The molecule has 0 saturated carbocycles. The molecule has 1 aliphatic heterocycles. The molecular formula is C21H20F6N2O2. The van der Waals surface area contributed by atoms with Crippen LogP contribution in [0.4, 0.5) is 37.7 Å². The Kier molecular flexibility index (Phi) is 6.38. The van der Waals surface area contributed by atoms with Crippen LogP contribution in [0.2, 0.25) is 0 Å². The van der Waals surface area contributed by atoms with Crippen molar-refractivity contribution < 1.29 is 35.9 Å². The molecule has 1 aliphatic rings. The largest absolute Gasteiger partial charge is 0.497 e. The van der Waals surface area contributed by atoms with E-state index in [1.165, 1.54) is 24.1 Å². The fraction of sp³-hybridized carbons (Fsp3) is 0.381. The van der Waals surface area contributed by atoms with E-state index in [0.29, 0.717) is 11.4 Å². The van der Waals surface area contributed by atoms with Crippen molar-refractivity contribution in [3.05, 3.63) is 53.6 Å². The molecule has 0 aliphatic carbocycles. The van der Waals surface area contributed by atoms with Crippen LogP contribution in [0.5, 0.6) is 5.75 Å². The predicted octanol–water partition coefficient (Wildman–Crippen LogP) is 5.75. The fourth-order valence-electron chi connectivity index (χ4n) is 3.53. The van der Waals surface area contributed by atoms with Crippen molar-refractivity contribution in [3.63, 3.8) is 0 Å². The van der Waals surface area contributed by atoms with E-state index in [2.05, 4.69) is 5.32 Å². The molecule has 1 saturated heterocycles. The zero-order valence-electron chi connectivity index (χ0n) is 16.5. The number of nitrogens with zero attached hydrogens (tertiary/aromatic N) is 1.